The third kappa shape index (κ3) is 7.77. The first kappa shape index (κ1) is 15.0. The van der Waals surface area contributed by atoms with E-state index in [4.69, 9.17) is 0 Å². The van der Waals surface area contributed by atoms with E-state index in [1.807, 2.05) is 0 Å². The maximum absolute atomic E-state index is 3.50. The number of piperazine rings is 1. The van der Waals surface area contributed by atoms with E-state index in [1.165, 1.54) is 77.5 Å². The van der Waals surface area contributed by atoms with E-state index in [1.54, 1.807) is 0 Å². The molecule has 0 bridgehead atoms. The van der Waals surface area contributed by atoms with Gasteiger partial charge in [0.2, 0.25) is 0 Å². The molecule has 1 fully saturated rings. The lowest BCUT2D eigenvalue weighted by Crippen LogP contribution is -2.49. The van der Waals surface area contributed by atoms with Gasteiger partial charge in [0.1, 0.15) is 0 Å². The van der Waals surface area contributed by atoms with Crippen molar-refractivity contribution in [2.45, 2.75) is 71.3 Å². The Bertz CT molecular complexity index is 170. The molecule has 0 amide bonds. The van der Waals surface area contributed by atoms with Crippen molar-refractivity contribution in [3.8, 4) is 0 Å². The standard InChI is InChI=1S/C15H32N2/c1-3-4-5-6-7-8-9-10-12-17-13-11-16-15(2)14-17/h15-16H,3-14H2,1-2H3/t15-/m0/s1. The van der Waals surface area contributed by atoms with Crippen LogP contribution in [-0.4, -0.2) is 37.1 Å². The average molecular weight is 240 g/mol. The number of rotatable bonds is 9. The first-order chi connectivity index (χ1) is 8.33. The highest BCUT2D eigenvalue weighted by Crippen LogP contribution is 2.09. The van der Waals surface area contributed by atoms with Gasteiger partial charge in [-0.05, 0) is 19.9 Å². The van der Waals surface area contributed by atoms with Crippen LogP contribution in [-0.2, 0) is 0 Å². The second-order valence-electron chi connectivity index (χ2n) is 5.63. The fourth-order valence-corrected chi connectivity index (χ4v) is 2.68. The Kier molecular flexibility index (Phi) is 8.72. The van der Waals surface area contributed by atoms with E-state index in [9.17, 15) is 0 Å². The number of hydrogen-bond donors (Lipinski definition) is 1. The van der Waals surface area contributed by atoms with Gasteiger partial charge in [-0.1, -0.05) is 51.9 Å². The molecular weight excluding hydrogens is 208 g/mol. The molecule has 2 nitrogen and oxygen atoms in total. The Morgan fingerprint density at radius 3 is 2.29 bits per heavy atom. The van der Waals surface area contributed by atoms with Gasteiger partial charge in [-0.25, -0.2) is 0 Å². The SMILES string of the molecule is CCCCCCCCCCN1CCN[C@@H](C)C1. The number of nitrogens with one attached hydrogen (secondary N) is 1. The van der Waals surface area contributed by atoms with E-state index in [0.717, 1.165) is 0 Å². The first-order valence-electron chi connectivity index (χ1n) is 7.78. The van der Waals surface area contributed by atoms with Gasteiger partial charge >= 0.3 is 0 Å². The highest BCUT2D eigenvalue weighted by atomic mass is 15.2. The maximum Gasteiger partial charge on any atom is 0.0167 e. The molecule has 1 aliphatic rings. The summed E-state index contributed by atoms with van der Waals surface area (Å²) < 4.78 is 0. The highest BCUT2D eigenvalue weighted by Gasteiger charge is 2.14. The molecule has 0 unspecified atom stereocenters. The molecule has 1 atom stereocenters. The van der Waals surface area contributed by atoms with Crippen LogP contribution in [0.15, 0.2) is 0 Å². The van der Waals surface area contributed by atoms with Gasteiger partial charge in [0, 0.05) is 25.7 Å². The Morgan fingerprint density at radius 1 is 1.00 bits per heavy atom. The van der Waals surface area contributed by atoms with Crippen LogP contribution >= 0.6 is 0 Å². The van der Waals surface area contributed by atoms with Crippen LogP contribution in [0.2, 0.25) is 0 Å². The van der Waals surface area contributed by atoms with Crippen LogP contribution < -0.4 is 5.32 Å². The summed E-state index contributed by atoms with van der Waals surface area (Å²) >= 11 is 0. The topological polar surface area (TPSA) is 15.3 Å². The molecule has 0 aromatic rings. The van der Waals surface area contributed by atoms with Gasteiger partial charge in [-0.3, -0.25) is 0 Å². The van der Waals surface area contributed by atoms with Crippen LogP contribution in [0, 0.1) is 0 Å². The molecule has 1 N–H and O–H groups in total. The minimum absolute atomic E-state index is 0.692. The van der Waals surface area contributed by atoms with Crippen molar-refractivity contribution >= 4 is 0 Å². The van der Waals surface area contributed by atoms with Crippen LogP contribution in [0.4, 0.5) is 0 Å². The predicted molar refractivity (Wildman–Crippen MR) is 76.5 cm³/mol. The zero-order chi connectivity index (χ0) is 12.3. The van der Waals surface area contributed by atoms with E-state index >= 15 is 0 Å². The van der Waals surface area contributed by atoms with Gasteiger partial charge in [0.25, 0.3) is 0 Å². The van der Waals surface area contributed by atoms with Gasteiger partial charge in [-0.2, -0.15) is 0 Å². The summed E-state index contributed by atoms with van der Waals surface area (Å²) in [5.41, 5.74) is 0. The Labute approximate surface area is 108 Å². The normalized spacial score (nSPS) is 21.9. The lowest BCUT2D eigenvalue weighted by molar-refractivity contribution is 0.203. The largest absolute Gasteiger partial charge is 0.312 e. The second-order valence-corrected chi connectivity index (χ2v) is 5.63. The summed E-state index contributed by atoms with van der Waals surface area (Å²) in [4.78, 5) is 2.62. The molecule has 0 saturated carbocycles. The smallest absolute Gasteiger partial charge is 0.0167 e. The number of nitrogens with zero attached hydrogens (tertiary/aromatic N) is 1. The summed E-state index contributed by atoms with van der Waals surface area (Å²) in [6.07, 6.45) is 11.4. The Morgan fingerprint density at radius 2 is 1.65 bits per heavy atom. The lowest BCUT2D eigenvalue weighted by atomic mass is 10.1. The lowest BCUT2D eigenvalue weighted by Gasteiger charge is -2.31. The van der Waals surface area contributed by atoms with Crippen molar-refractivity contribution < 1.29 is 0 Å². The molecule has 1 rings (SSSR count). The molecule has 0 aliphatic carbocycles. The summed E-state index contributed by atoms with van der Waals surface area (Å²) in [6.45, 7) is 9.57. The second kappa shape index (κ2) is 9.90. The van der Waals surface area contributed by atoms with Crippen molar-refractivity contribution in [2.75, 3.05) is 26.2 Å². The maximum atomic E-state index is 3.50. The van der Waals surface area contributed by atoms with E-state index in [2.05, 4.69) is 24.1 Å². The minimum Gasteiger partial charge on any atom is -0.312 e. The molecule has 17 heavy (non-hydrogen) atoms. The van der Waals surface area contributed by atoms with Gasteiger partial charge in [0.05, 0.1) is 0 Å². The molecule has 1 heterocycles. The van der Waals surface area contributed by atoms with E-state index in [-0.39, 0.29) is 0 Å². The van der Waals surface area contributed by atoms with Gasteiger partial charge in [-0.15, -0.1) is 0 Å². The summed E-state index contributed by atoms with van der Waals surface area (Å²) in [5.74, 6) is 0. The van der Waals surface area contributed by atoms with Crippen LogP contribution in [0.5, 0.6) is 0 Å². The van der Waals surface area contributed by atoms with Crippen molar-refractivity contribution in [1.29, 1.82) is 0 Å². The third-order valence-electron chi connectivity index (χ3n) is 3.78. The summed E-state index contributed by atoms with van der Waals surface area (Å²) in [5, 5.41) is 3.50. The third-order valence-corrected chi connectivity index (χ3v) is 3.78. The van der Waals surface area contributed by atoms with Crippen molar-refractivity contribution in [1.82, 2.24) is 10.2 Å². The molecule has 0 spiro atoms. The highest BCUT2D eigenvalue weighted by molar-refractivity contribution is 4.74. The molecule has 0 aromatic heterocycles. The first-order valence-corrected chi connectivity index (χ1v) is 7.78. The van der Waals surface area contributed by atoms with Gasteiger partial charge in [0.15, 0.2) is 0 Å². The molecule has 0 aromatic carbocycles. The fourth-order valence-electron chi connectivity index (χ4n) is 2.68. The number of unbranched alkanes of at least 4 members (excludes halogenated alkanes) is 7. The predicted octanol–water partition coefficient (Wildman–Crippen LogP) is 3.42. The zero-order valence-electron chi connectivity index (χ0n) is 12.0. The quantitative estimate of drug-likeness (QED) is 0.621. The van der Waals surface area contributed by atoms with Crippen LogP contribution in [0.25, 0.3) is 0 Å². The van der Waals surface area contributed by atoms with E-state index in [0.29, 0.717) is 6.04 Å². The van der Waals surface area contributed by atoms with Gasteiger partial charge < -0.3 is 10.2 Å². The summed E-state index contributed by atoms with van der Waals surface area (Å²) in [6, 6.07) is 0.692. The number of hydrogen-bond acceptors (Lipinski definition) is 2. The van der Waals surface area contributed by atoms with E-state index < -0.39 is 0 Å². The fraction of sp³-hybridized carbons (Fsp3) is 1.00. The van der Waals surface area contributed by atoms with Crippen molar-refractivity contribution in [2.24, 2.45) is 0 Å². The molecule has 102 valence electrons. The minimum atomic E-state index is 0.692. The van der Waals surface area contributed by atoms with Crippen LogP contribution in [0.1, 0.15) is 65.2 Å². The average Bonchev–Trinajstić information content (AvgIpc) is 2.33. The Balaban J connectivity index is 1.83. The Hall–Kier alpha value is -0.0800. The monoisotopic (exact) mass is 240 g/mol. The molecule has 0 radical (unpaired) electrons. The van der Waals surface area contributed by atoms with Crippen molar-refractivity contribution in [3.05, 3.63) is 0 Å². The molecule has 1 aliphatic heterocycles. The zero-order valence-corrected chi connectivity index (χ0v) is 12.0. The molecule has 1 saturated heterocycles. The molecular formula is C15H32N2. The van der Waals surface area contributed by atoms with Crippen molar-refractivity contribution in [3.63, 3.8) is 0 Å². The summed E-state index contributed by atoms with van der Waals surface area (Å²) in [7, 11) is 0. The van der Waals surface area contributed by atoms with Crippen LogP contribution in [0.3, 0.4) is 0 Å². The molecule has 2 heteroatoms.